The Labute approximate surface area is 210 Å². The SMILES string of the molecule is CC(C)N[C@@H](CCCCNC(=O)CCC(C)(c1ccc(O)cc1)c1ccc(O)cc1)C(=O)C(C)C. The molecule has 0 unspecified atom stereocenters. The number of Topliss-reactive ketones (excluding diaryl/α,β-unsaturated/α-hetero) is 1. The minimum Gasteiger partial charge on any atom is -0.508 e. The summed E-state index contributed by atoms with van der Waals surface area (Å²) in [6, 6.07) is 14.2. The van der Waals surface area contributed by atoms with Crippen molar-refractivity contribution in [2.75, 3.05) is 6.54 Å². The van der Waals surface area contributed by atoms with Crippen LogP contribution in [0.15, 0.2) is 48.5 Å². The topological polar surface area (TPSA) is 98.7 Å². The molecule has 2 aromatic rings. The number of unbranched alkanes of at least 4 members (excludes halogenated alkanes) is 1. The van der Waals surface area contributed by atoms with E-state index < -0.39 is 5.41 Å². The molecular weight excluding hydrogens is 440 g/mol. The van der Waals surface area contributed by atoms with Gasteiger partial charge in [0.25, 0.3) is 0 Å². The van der Waals surface area contributed by atoms with Crippen molar-refractivity contribution in [2.45, 2.75) is 84.2 Å². The van der Waals surface area contributed by atoms with Crippen LogP contribution >= 0.6 is 0 Å². The highest BCUT2D eigenvalue weighted by atomic mass is 16.3. The fraction of sp³-hybridized carbons (Fsp3) is 0.517. The molecule has 1 amide bonds. The Hall–Kier alpha value is -2.86. The Morgan fingerprint density at radius 3 is 1.83 bits per heavy atom. The van der Waals surface area contributed by atoms with E-state index in [1.165, 1.54) is 0 Å². The number of hydrogen-bond acceptors (Lipinski definition) is 5. The van der Waals surface area contributed by atoms with E-state index in [4.69, 9.17) is 0 Å². The van der Waals surface area contributed by atoms with Crippen LogP contribution in [0.2, 0.25) is 0 Å². The summed E-state index contributed by atoms with van der Waals surface area (Å²) < 4.78 is 0. The molecule has 192 valence electrons. The maximum atomic E-state index is 12.6. The summed E-state index contributed by atoms with van der Waals surface area (Å²) in [6.45, 7) is 10.6. The number of benzene rings is 2. The van der Waals surface area contributed by atoms with Crippen molar-refractivity contribution in [3.8, 4) is 11.5 Å². The van der Waals surface area contributed by atoms with Crippen molar-refractivity contribution in [1.82, 2.24) is 10.6 Å². The van der Waals surface area contributed by atoms with Gasteiger partial charge in [-0.25, -0.2) is 0 Å². The summed E-state index contributed by atoms with van der Waals surface area (Å²) >= 11 is 0. The standard InChI is InChI=1S/C29H42N2O4/c1-20(2)28(35)26(31-21(3)4)8-6-7-19-30-27(34)17-18-29(5,22-9-13-24(32)14-10-22)23-11-15-25(33)16-12-23/h9-16,20-21,26,31-33H,6-8,17-19H2,1-5H3,(H,30,34)/t26-/m0/s1. The van der Waals surface area contributed by atoms with Crippen LogP contribution in [-0.2, 0) is 15.0 Å². The zero-order valence-corrected chi connectivity index (χ0v) is 21.8. The summed E-state index contributed by atoms with van der Waals surface area (Å²) in [4.78, 5) is 25.1. The van der Waals surface area contributed by atoms with E-state index in [0.29, 0.717) is 19.4 Å². The number of carbonyl (C=O) groups is 2. The fourth-order valence-electron chi connectivity index (χ4n) is 4.38. The monoisotopic (exact) mass is 482 g/mol. The summed E-state index contributed by atoms with van der Waals surface area (Å²) in [5.41, 5.74) is 1.53. The summed E-state index contributed by atoms with van der Waals surface area (Å²) in [5, 5.41) is 25.8. The molecule has 2 rings (SSSR count). The van der Waals surface area contributed by atoms with Gasteiger partial charge in [0, 0.05) is 30.3 Å². The van der Waals surface area contributed by atoms with Crippen LogP contribution in [0.5, 0.6) is 11.5 Å². The largest absolute Gasteiger partial charge is 0.508 e. The molecule has 1 atom stereocenters. The maximum absolute atomic E-state index is 12.6. The first-order valence-corrected chi connectivity index (χ1v) is 12.7. The normalized spacial score (nSPS) is 12.7. The third kappa shape index (κ3) is 8.70. The van der Waals surface area contributed by atoms with Crippen molar-refractivity contribution in [3.63, 3.8) is 0 Å². The molecule has 0 aliphatic carbocycles. The second-order valence-corrected chi connectivity index (χ2v) is 10.2. The molecule has 0 radical (unpaired) electrons. The fourth-order valence-corrected chi connectivity index (χ4v) is 4.38. The lowest BCUT2D eigenvalue weighted by Gasteiger charge is -2.31. The van der Waals surface area contributed by atoms with Gasteiger partial charge in [-0.15, -0.1) is 0 Å². The van der Waals surface area contributed by atoms with Gasteiger partial charge in [-0.3, -0.25) is 9.59 Å². The van der Waals surface area contributed by atoms with Crippen molar-refractivity contribution < 1.29 is 19.8 Å². The third-order valence-electron chi connectivity index (χ3n) is 6.55. The van der Waals surface area contributed by atoms with Gasteiger partial charge in [-0.1, -0.05) is 58.9 Å². The lowest BCUT2D eigenvalue weighted by Crippen LogP contribution is -2.42. The van der Waals surface area contributed by atoms with Crippen LogP contribution in [0, 0.1) is 5.92 Å². The predicted molar refractivity (Wildman–Crippen MR) is 141 cm³/mol. The van der Waals surface area contributed by atoms with E-state index in [0.717, 1.165) is 30.4 Å². The number of rotatable bonds is 14. The third-order valence-corrected chi connectivity index (χ3v) is 6.55. The van der Waals surface area contributed by atoms with Gasteiger partial charge in [0.05, 0.1) is 6.04 Å². The van der Waals surface area contributed by atoms with E-state index in [2.05, 4.69) is 17.6 Å². The minimum absolute atomic E-state index is 0.00225. The summed E-state index contributed by atoms with van der Waals surface area (Å²) in [7, 11) is 0. The summed E-state index contributed by atoms with van der Waals surface area (Å²) in [5.74, 6) is 0.623. The molecule has 0 aliphatic rings. The van der Waals surface area contributed by atoms with Gasteiger partial charge in [0.1, 0.15) is 11.5 Å². The van der Waals surface area contributed by atoms with Gasteiger partial charge in [0.2, 0.25) is 5.91 Å². The average Bonchev–Trinajstić information content (AvgIpc) is 2.81. The lowest BCUT2D eigenvalue weighted by molar-refractivity contribution is -0.124. The molecular formula is C29H42N2O4. The van der Waals surface area contributed by atoms with Crippen LogP contribution in [0.1, 0.15) is 77.8 Å². The lowest BCUT2D eigenvalue weighted by atomic mass is 9.73. The highest BCUT2D eigenvalue weighted by molar-refractivity contribution is 5.85. The Morgan fingerprint density at radius 2 is 1.37 bits per heavy atom. The zero-order valence-electron chi connectivity index (χ0n) is 21.8. The molecule has 6 nitrogen and oxygen atoms in total. The van der Waals surface area contributed by atoms with E-state index >= 15 is 0 Å². The molecule has 4 N–H and O–H groups in total. The molecule has 0 bridgehead atoms. The van der Waals surface area contributed by atoms with Crippen LogP contribution in [0.3, 0.4) is 0 Å². The molecule has 0 saturated carbocycles. The predicted octanol–water partition coefficient (Wildman–Crippen LogP) is 5.06. The van der Waals surface area contributed by atoms with Crippen LogP contribution in [0.4, 0.5) is 0 Å². The quantitative estimate of drug-likeness (QED) is 0.282. The Balaban J connectivity index is 1.90. The van der Waals surface area contributed by atoms with Gasteiger partial charge < -0.3 is 20.8 Å². The molecule has 0 fully saturated rings. The van der Waals surface area contributed by atoms with E-state index in [-0.39, 0.29) is 41.2 Å². The maximum Gasteiger partial charge on any atom is 0.220 e. The van der Waals surface area contributed by atoms with Gasteiger partial charge in [0.15, 0.2) is 5.78 Å². The number of amides is 1. The first kappa shape index (κ1) is 28.4. The molecule has 0 aliphatic heterocycles. The highest BCUT2D eigenvalue weighted by Gasteiger charge is 2.29. The minimum atomic E-state index is -0.453. The van der Waals surface area contributed by atoms with Gasteiger partial charge in [-0.05, 0) is 61.1 Å². The number of ketones is 1. The number of aromatic hydroxyl groups is 2. The number of nitrogens with one attached hydrogen (secondary N) is 2. The molecule has 0 spiro atoms. The Morgan fingerprint density at radius 1 is 0.857 bits per heavy atom. The molecule has 0 saturated heterocycles. The van der Waals surface area contributed by atoms with Crippen LogP contribution < -0.4 is 10.6 Å². The molecule has 0 aromatic heterocycles. The molecule has 2 aromatic carbocycles. The molecule has 6 heteroatoms. The molecule has 0 heterocycles. The van der Waals surface area contributed by atoms with E-state index in [1.54, 1.807) is 24.3 Å². The van der Waals surface area contributed by atoms with Gasteiger partial charge >= 0.3 is 0 Å². The average molecular weight is 483 g/mol. The number of hydrogen-bond donors (Lipinski definition) is 4. The van der Waals surface area contributed by atoms with Crippen molar-refractivity contribution >= 4 is 11.7 Å². The highest BCUT2D eigenvalue weighted by Crippen LogP contribution is 2.37. The number of carbonyl (C=O) groups excluding carboxylic acids is 2. The number of phenols is 2. The van der Waals surface area contributed by atoms with Crippen molar-refractivity contribution in [1.29, 1.82) is 0 Å². The zero-order chi connectivity index (χ0) is 26.0. The Kier molecular flexibility index (Phi) is 10.8. The first-order valence-electron chi connectivity index (χ1n) is 12.7. The van der Waals surface area contributed by atoms with E-state index in [9.17, 15) is 19.8 Å². The summed E-state index contributed by atoms with van der Waals surface area (Å²) in [6.07, 6.45) is 3.38. The van der Waals surface area contributed by atoms with Gasteiger partial charge in [-0.2, -0.15) is 0 Å². The molecule has 35 heavy (non-hydrogen) atoms. The first-order chi connectivity index (χ1) is 16.5. The second kappa shape index (κ2) is 13.3. The van der Waals surface area contributed by atoms with Crippen LogP contribution in [-0.4, -0.2) is 40.5 Å². The van der Waals surface area contributed by atoms with Crippen LogP contribution in [0.25, 0.3) is 0 Å². The van der Waals surface area contributed by atoms with Crippen molar-refractivity contribution in [2.24, 2.45) is 5.92 Å². The second-order valence-electron chi connectivity index (χ2n) is 10.2. The van der Waals surface area contributed by atoms with E-state index in [1.807, 2.05) is 52.0 Å². The Bertz CT molecular complexity index is 891. The smallest absolute Gasteiger partial charge is 0.220 e. The van der Waals surface area contributed by atoms with Crippen molar-refractivity contribution in [3.05, 3.63) is 59.7 Å². The number of phenolic OH excluding ortho intramolecular Hbond substituents is 2.